The standard InChI is InChI=1S/C12H19N5O2/c1-6(2)17-11(10(13)7(3)16-17)14-8-4-5-9(18)15-12(8)19/h6,8,14H,4-5,13H2,1-3H3,(H,15,18,19). The third kappa shape index (κ3) is 2.54. The zero-order chi connectivity index (χ0) is 14.2. The molecular weight excluding hydrogens is 246 g/mol. The van der Waals surface area contributed by atoms with Crippen LogP contribution in [-0.2, 0) is 9.59 Å². The normalized spacial score (nSPS) is 19.7. The molecule has 7 heteroatoms. The maximum absolute atomic E-state index is 11.7. The summed E-state index contributed by atoms with van der Waals surface area (Å²) in [7, 11) is 0. The molecule has 0 aromatic carbocycles. The van der Waals surface area contributed by atoms with E-state index in [-0.39, 0.29) is 17.9 Å². The SMILES string of the molecule is Cc1nn(C(C)C)c(NC2CCC(=O)NC2=O)c1N. The summed E-state index contributed by atoms with van der Waals surface area (Å²) in [6, 6.07) is -0.319. The van der Waals surface area contributed by atoms with Crippen molar-refractivity contribution in [1.82, 2.24) is 15.1 Å². The van der Waals surface area contributed by atoms with Crippen LogP contribution < -0.4 is 16.4 Å². The Morgan fingerprint density at radius 1 is 1.47 bits per heavy atom. The van der Waals surface area contributed by atoms with E-state index in [1.165, 1.54) is 0 Å². The summed E-state index contributed by atoms with van der Waals surface area (Å²) in [5.74, 6) is 0.0939. The van der Waals surface area contributed by atoms with Crippen LogP contribution in [0.3, 0.4) is 0 Å². The topological polar surface area (TPSA) is 102 Å². The van der Waals surface area contributed by atoms with E-state index < -0.39 is 6.04 Å². The number of aromatic nitrogens is 2. The number of anilines is 2. The lowest BCUT2D eigenvalue weighted by molar-refractivity contribution is -0.133. The van der Waals surface area contributed by atoms with E-state index >= 15 is 0 Å². The number of piperidine rings is 1. The summed E-state index contributed by atoms with van der Waals surface area (Å²) >= 11 is 0. The average molecular weight is 265 g/mol. The zero-order valence-corrected chi connectivity index (χ0v) is 11.4. The summed E-state index contributed by atoms with van der Waals surface area (Å²) in [4.78, 5) is 22.9. The van der Waals surface area contributed by atoms with E-state index in [4.69, 9.17) is 5.73 Å². The molecule has 0 radical (unpaired) electrons. The van der Waals surface area contributed by atoms with E-state index in [0.29, 0.717) is 24.3 Å². The molecule has 2 rings (SSSR count). The van der Waals surface area contributed by atoms with Crippen LogP contribution in [-0.4, -0.2) is 27.6 Å². The molecular formula is C12H19N5O2. The fourth-order valence-electron chi connectivity index (χ4n) is 2.07. The number of nitrogens with zero attached hydrogens (tertiary/aromatic N) is 2. The molecule has 0 bridgehead atoms. The smallest absolute Gasteiger partial charge is 0.249 e. The Kier molecular flexibility index (Phi) is 3.46. The Morgan fingerprint density at radius 3 is 2.74 bits per heavy atom. The molecule has 2 amide bonds. The lowest BCUT2D eigenvalue weighted by atomic mass is 10.1. The highest BCUT2D eigenvalue weighted by Crippen LogP contribution is 2.27. The quantitative estimate of drug-likeness (QED) is 0.693. The number of nitrogen functional groups attached to an aromatic ring is 1. The first-order valence-electron chi connectivity index (χ1n) is 6.35. The minimum absolute atomic E-state index is 0.131. The number of carbonyl (C=O) groups excluding carboxylic acids is 2. The van der Waals surface area contributed by atoms with E-state index in [1.54, 1.807) is 4.68 Å². The highest BCUT2D eigenvalue weighted by molar-refractivity contribution is 6.01. The van der Waals surface area contributed by atoms with Crippen molar-refractivity contribution in [2.75, 3.05) is 11.1 Å². The Labute approximate surface area is 111 Å². The number of hydrogen-bond acceptors (Lipinski definition) is 5. The molecule has 2 heterocycles. The molecule has 1 aliphatic rings. The Hall–Kier alpha value is -2.05. The van der Waals surface area contributed by atoms with Gasteiger partial charge in [0.25, 0.3) is 0 Å². The van der Waals surface area contributed by atoms with Crippen LogP contribution in [0.25, 0.3) is 0 Å². The molecule has 104 valence electrons. The number of nitrogens with two attached hydrogens (primary N) is 1. The van der Waals surface area contributed by atoms with Gasteiger partial charge in [0.2, 0.25) is 11.8 Å². The number of rotatable bonds is 3. The molecule has 1 aromatic heterocycles. The first-order chi connectivity index (χ1) is 8.90. The molecule has 0 aliphatic carbocycles. The van der Waals surface area contributed by atoms with Gasteiger partial charge in [-0.25, -0.2) is 4.68 Å². The molecule has 0 saturated carbocycles. The summed E-state index contributed by atoms with van der Waals surface area (Å²) in [5, 5.41) is 9.76. The lowest BCUT2D eigenvalue weighted by Crippen LogP contribution is -2.47. The molecule has 1 unspecified atom stereocenters. The second-order valence-corrected chi connectivity index (χ2v) is 5.03. The average Bonchev–Trinajstić information content (AvgIpc) is 2.61. The van der Waals surface area contributed by atoms with Crippen LogP contribution in [0, 0.1) is 6.92 Å². The second-order valence-electron chi connectivity index (χ2n) is 5.03. The summed E-state index contributed by atoms with van der Waals surface area (Å²) in [6.07, 6.45) is 0.796. The zero-order valence-electron chi connectivity index (χ0n) is 11.4. The van der Waals surface area contributed by atoms with Crippen molar-refractivity contribution in [2.24, 2.45) is 0 Å². The third-order valence-electron chi connectivity index (χ3n) is 3.17. The highest BCUT2D eigenvalue weighted by Gasteiger charge is 2.28. The Morgan fingerprint density at radius 2 is 2.16 bits per heavy atom. The Balaban J connectivity index is 2.23. The van der Waals surface area contributed by atoms with Gasteiger partial charge in [-0.2, -0.15) is 5.10 Å². The number of amides is 2. The van der Waals surface area contributed by atoms with Crippen molar-refractivity contribution in [3.63, 3.8) is 0 Å². The minimum atomic E-state index is -0.450. The van der Waals surface area contributed by atoms with Gasteiger partial charge in [-0.15, -0.1) is 0 Å². The monoisotopic (exact) mass is 265 g/mol. The molecule has 1 saturated heterocycles. The van der Waals surface area contributed by atoms with Gasteiger partial charge in [-0.05, 0) is 27.2 Å². The van der Waals surface area contributed by atoms with Crippen molar-refractivity contribution in [3.05, 3.63) is 5.69 Å². The van der Waals surface area contributed by atoms with Gasteiger partial charge in [-0.1, -0.05) is 0 Å². The van der Waals surface area contributed by atoms with E-state index in [2.05, 4.69) is 15.7 Å². The minimum Gasteiger partial charge on any atom is -0.394 e. The third-order valence-corrected chi connectivity index (χ3v) is 3.17. The molecule has 7 nitrogen and oxygen atoms in total. The Bertz CT molecular complexity index is 520. The molecule has 1 atom stereocenters. The van der Waals surface area contributed by atoms with Crippen molar-refractivity contribution in [1.29, 1.82) is 0 Å². The van der Waals surface area contributed by atoms with Gasteiger partial charge in [0, 0.05) is 12.5 Å². The first kappa shape index (κ1) is 13.4. The summed E-state index contributed by atoms with van der Waals surface area (Å²) < 4.78 is 1.76. The van der Waals surface area contributed by atoms with Crippen LogP contribution in [0.4, 0.5) is 11.5 Å². The van der Waals surface area contributed by atoms with Crippen molar-refractivity contribution < 1.29 is 9.59 Å². The van der Waals surface area contributed by atoms with Gasteiger partial charge < -0.3 is 11.1 Å². The highest BCUT2D eigenvalue weighted by atomic mass is 16.2. The largest absolute Gasteiger partial charge is 0.394 e. The first-order valence-corrected chi connectivity index (χ1v) is 6.35. The molecule has 1 aromatic rings. The predicted molar refractivity (Wildman–Crippen MR) is 71.6 cm³/mol. The summed E-state index contributed by atoms with van der Waals surface area (Å²) in [6.45, 7) is 5.80. The van der Waals surface area contributed by atoms with E-state index in [0.717, 1.165) is 5.69 Å². The maximum Gasteiger partial charge on any atom is 0.249 e. The fraction of sp³-hybridized carbons (Fsp3) is 0.583. The predicted octanol–water partition coefficient (Wildman–Crippen LogP) is 0.572. The molecule has 1 fully saturated rings. The van der Waals surface area contributed by atoms with Gasteiger partial charge >= 0.3 is 0 Å². The van der Waals surface area contributed by atoms with Crippen LogP contribution in [0.1, 0.15) is 38.4 Å². The molecule has 4 N–H and O–H groups in total. The van der Waals surface area contributed by atoms with Crippen molar-refractivity contribution in [3.8, 4) is 0 Å². The van der Waals surface area contributed by atoms with Crippen LogP contribution in [0.5, 0.6) is 0 Å². The van der Waals surface area contributed by atoms with Crippen LogP contribution >= 0.6 is 0 Å². The number of carbonyl (C=O) groups is 2. The number of hydrogen-bond donors (Lipinski definition) is 3. The maximum atomic E-state index is 11.7. The second kappa shape index (κ2) is 4.91. The molecule has 19 heavy (non-hydrogen) atoms. The lowest BCUT2D eigenvalue weighted by Gasteiger charge is -2.24. The van der Waals surface area contributed by atoms with Crippen molar-refractivity contribution >= 4 is 23.3 Å². The van der Waals surface area contributed by atoms with E-state index in [9.17, 15) is 9.59 Å². The van der Waals surface area contributed by atoms with Crippen LogP contribution in [0.15, 0.2) is 0 Å². The fourth-order valence-corrected chi connectivity index (χ4v) is 2.07. The number of imide groups is 1. The number of nitrogens with one attached hydrogen (secondary N) is 2. The van der Waals surface area contributed by atoms with Gasteiger partial charge in [0.05, 0.1) is 11.4 Å². The van der Waals surface area contributed by atoms with Gasteiger partial charge in [0.15, 0.2) is 0 Å². The number of aryl methyl sites for hydroxylation is 1. The van der Waals surface area contributed by atoms with Crippen molar-refractivity contribution in [2.45, 2.75) is 45.7 Å². The van der Waals surface area contributed by atoms with E-state index in [1.807, 2.05) is 20.8 Å². The van der Waals surface area contributed by atoms with Crippen LogP contribution in [0.2, 0.25) is 0 Å². The summed E-state index contributed by atoms with van der Waals surface area (Å²) in [5.41, 5.74) is 7.25. The van der Waals surface area contributed by atoms with Gasteiger partial charge in [-0.3, -0.25) is 14.9 Å². The molecule has 0 spiro atoms. The van der Waals surface area contributed by atoms with Gasteiger partial charge in [0.1, 0.15) is 11.9 Å². The molecule has 1 aliphatic heterocycles.